The summed E-state index contributed by atoms with van der Waals surface area (Å²) < 4.78 is 0. The Labute approximate surface area is 243 Å². The largest absolute Gasteiger partial charge is 0.364 e. The lowest BCUT2D eigenvalue weighted by Gasteiger charge is -2.33. The third-order valence-corrected chi connectivity index (χ3v) is 10.3. The Morgan fingerprint density at radius 1 is 0.833 bits per heavy atom. The molecule has 3 aromatic carbocycles. The molecule has 0 radical (unpaired) electrons. The van der Waals surface area contributed by atoms with E-state index in [9.17, 15) is 14.4 Å². The SMILES string of the molecule is CNC(=O)Cc1c[nH]c2c([C@]34CC(=O)N(C)[C@H]3Nc3c([C@]56CC(=O)N(C)[C@H]5Nc5ccccc56)cccc34)cccc12. The summed E-state index contributed by atoms with van der Waals surface area (Å²) in [5.41, 5.74) is 6.88. The first-order chi connectivity index (χ1) is 20.3. The molecule has 0 aliphatic carbocycles. The van der Waals surface area contributed by atoms with Gasteiger partial charge in [-0.2, -0.15) is 0 Å². The van der Waals surface area contributed by atoms with E-state index in [1.54, 1.807) is 7.05 Å². The summed E-state index contributed by atoms with van der Waals surface area (Å²) in [4.78, 5) is 46.1. The van der Waals surface area contributed by atoms with Crippen molar-refractivity contribution in [1.29, 1.82) is 0 Å². The topological polar surface area (TPSA) is 110 Å². The number of hydrogen-bond acceptors (Lipinski definition) is 5. The van der Waals surface area contributed by atoms with E-state index in [2.05, 4.69) is 57.3 Å². The maximum Gasteiger partial charge on any atom is 0.225 e. The molecule has 1 aromatic heterocycles. The minimum Gasteiger partial charge on any atom is -0.364 e. The zero-order chi connectivity index (χ0) is 29.0. The van der Waals surface area contributed by atoms with Crippen LogP contribution in [0.25, 0.3) is 10.9 Å². The van der Waals surface area contributed by atoms with Crippen molar-refractivity contribution in [1.82, 2.24) is 20.1 Å². The quantitative estimate of drug-likeness (QED) is 0.307. The molecule has 2 fully saturated rings. The van der Waals surface area contributed by atoms with Gasteiger partial charge in [0.2, 0.25) is 17.7 Å². The van der Waals surface area contributed by atoms with Crippen molar-refractivity contribution in [2.75, 3.05) is 31.8 Å². The van der Waals surface area contributed by atoms with Crippen LogP contribution in [-0.4, -0.2) is 66.0 Å². The number of aromatic nitrogens is 1. The molecule has 0 saturated carbocycles. The maximum absolute atomic E-state index is 13.4. The normalized spacial score (nSPS) is 27.0. The number of likely N-dealkylation sites (tertiary alicyclic amines) is 2. The molecular weight excluding hydrogens is 528 g/mol. The first-order valence-electron chi connectivity index (χ1n) is 14.4. The lowest BCUT2D eigenvalue weighted by Crippen LogP contribution is -2.44. The van der Waals surface area contributed by atoms with E-state index in [0.29, 0.717) is 12.8 Å². The summed E-state index contributed by atoms with van der Waals surface area (Å²) in [7, 11) is 5.37. The summed E-state index contributed by atoms with van der Waals surface area (Å²) >= 11 is 0. The van der Waals surface area contributed by atoms with Crippen LogP contribution in [0, 0.1) is 0 Å². The van der Waals surface area contributed by atoms with Crippen molar-refractivity contribution in [2.24, 2.45) is 0 Å². The summed E-state index contributed by atoms with van der Waals surface area (Å²) in [6, 6.07) is 20.8. The van der Waals surface area contributed by atoms with Crippen molar-refractivity contribution >= 4 is 40.0 Å². The molecule has 0 unspecified atom stereocenters. The minimum absolute atomic E-state index is 0.0546. The zero-order valence-corrected chi connectivity index (χ0v) is 23.7. The summed E-state index contributed by atoms with van der Waals surface area (Å²) in [6.07, 6.45) is 2.31. The van der Waals surface area contributed by atoms with Gasteiger partial charge in [-0.1, -0.05) is 54.6 Å². The molecule has 5 heterocycles. The number of benzene rings is 3. The van der Waals surface area contributed by atoms with Crippen LogP contribution < -0.4 is 16.0 Å². The lowest BCUT2D eigenvalue weighted by molar-refractivity contribution is -0.128. The van der Waals surface area contributed by atoms with E-state index < -0.39 is 10.8 Å². The summed E-state index contributed by atoms with van der Waals surface area (Å²) in [6.45, 7) is 0. The highest BCUT2D eigenvalue weighted by molar-refractivity contribution is 5.96. The predicted molar refractivity (Wildman–Crippen MR) is 160 cm³/mol. The van der Waals surface area contributed by atoms with E-state index in [1.807, 2.05) is 54.4 Å². The third-order valence-electron chi connectivity index (χ3n) is 10.3. The zero-order valence-electron chi connectivity index (χ0n) is 23.7. The lowest BCUT2D eigenvalue weighted by atomic mass is 9.69. The Morgan fingerprint density at radius 3 is 2.14 bits per heavy atom. The van der Waals surface area contributed by atoms with Crippen LogP contribution >= 0.6 is 0 Å². The first-order valence-corrected chi connectivity index (χ1v) is 14.4. The molecule has 3 amide bonds. The number of para-hydroxylation sites is 3. The molecule has 2 saturated heterocycles. The fraction of sp³-hybridized carbons (Fsp3) is 0.303. The average Bonchev–Trinajstić information content (AvgIpc) is 3.76. The number of nitrogens with zero attached hydrogens (tertiary/aromatic N) is 2. The molecule has 4 N–H and O–H groups in total. The van der Waals surface area contributed by atoms with E-state index >= 15 is 0 Å². The summed E-state index contributed by atoms with van der Waals surface area (Å²) in [5, 5.41) is 11.1. The fourth-order valence-corrected chi connectivity index (χ4v) is 8.29. The maximum atomic E-state index is 13.4. The molecule has 4 aliphatic rings. The van der Waals surface area contributed by atoms with E-state index in [4.69, 9.17) is 0 Å². The molecule has 4 aliphatic heterocycles. The van der Waals surface area contributed by atoms with Gasteiger partial charge in [-0.3, -0.25) is 14.4 Å². The monoisotopic (exact) mass is 560 g/mol. The van der Waals surface area contributed by atoms with Gasteiger partial charge in [0.25, 0.3) is 0 Å². The van der Waals surface area contributed by atoms with Gasteiger partial charge in [0.15, 0.2) is 0 Å². The van der Waals surface area contributed by atoms with Gasteiger partial charge in [-0.15, -0.1) is 0 Å². The highest BCUT2D eigenvalue weighted by Gasteiger charge is 2.62. The highest BCUT2D eigenvalue weighted by atomic mass is 16.2. The summed E-state index contributed by atoms with van der Waals surface area (Å²) in [5.74, 6) is 0.109. The van der Waals surface area contributed by atoms with Gasteiger partial charge in [-0.25, -0.2) is 0 Å². The fourth-order valence-electron chi connectivity index (χ4n) is 8.29. The second-order valence-electron chi connectivity index (χ2n) is 12.1. The van der Waals surface area contributed by atoms with Crippen LogP contribution in [0.15, 0.2) is 66.9 Å². The third kappa shape index (κ3) is 2.90. The van der Waals surface area contributed by atoms with E-state index in [-0.39, 0.29) is 36.5 Å². The van der Waals surface area contributed by atoms with Gasteiger partial charge < -0.3 is 30.7 Å². The van der Waals surface area contributed by atoms with Crippen LogP contribution in [0.5, 0.6) is 0 Å². The Balaban J connectivity index is 1.37. The highest BCUT2D eigenvalue weighted by Crippen LogP contribution is 2.60. The Hall–Kier alpha value is -4.79. The molecule has 42 heavy (non-hydrogen) atoms. The van der Waals surface area contributed by atoms with Crippen molar-refractivity contribution in [3.8, 4) is 0 Å². The predicted octanol–water partition coefficient (Wildman–Crippen LogP) is 3.26. The van der Waals surface area contributed by atoms with E-state index in [0.717, 1.165) is 50.1 Å². The average molecular weight is 561 g/mol. The Morgan fingerprint density at radius 2 is 1.43 bits per heavy atom. The van der Waals surface area contributed by atoms with Crippen molar-refractivity contribution in [3.63, 3.8) is 0 Å². The van der Waals surface area contributed by atoms with Crippen LogP contribution in [0.2, 0.25) is 0 Å². The molecule has 0 bridgehead atoms. The molecule has 4 atom stereocenters. The van der Waals surface area contributed by atoms with Crippen LogP contribution in [0.4, 0.5) is 11.4 Å². The van der Waals surface area contributed by atoms with Crippen molar-refractivity contribution < 1.29 is 14.4 Å². The Kier molecular flexibility index (Phi) is 4.98. The second-order valence-corrected chi connectivity index (χ2v) is 12.1. The molecule has 0 spiro atoms. The standard InChI is InChI=1S/C33H32N6O3/c1-34-25(40)14-18-17-35-28-19(18)8-6-10-21(28)33-16-27(42)39(3)31(33)37-29-22(11-7-12-23(29)33)32-15-26(41)38(2)30(32)36-24-13-5-4-9-20(24)32/h4-13,17,30-31,35-37H,14-16H2,1-3H3,(H,34,40)/t30-,31-,32-,33+/m1/s1. The number of anilines is 2. The van der Waals surface area contributed by atoms with E-state index in [1.165, 1.54) is 0 Å². The first kappa shape index (κ1) is 25.0. The molecule has 8 rings (SSSR count). The molecule has 212 valence electrons. The molecule has 4 aromatic rings. The minimum atomic E-state index is -0.669. The molecule has 9 nitrogen and oxygen atoms in total. The molecule has 9 heteroatoms. The number of amides is 3. The van der Waals surface area contributed by atoms with Gasteiger partial charge >= 0.3 is 0 Å². The van der Waals surface area contributed by atoms with Crippen LogP contribution in [0.3, 0.4) is 0 Å². The van der Waals surface area contributed by atoms with Crippen molar-refractivity contribution in [3.05, 3.63) is 94.7 Å². The van der Waals surface area contributed by atoms with Gasteiger partial charge in [-0.05, 0) is 33.9 Å². The number of carbonyl (C=O) groups excluding carboxylic acids is 3. The van der Waals surface area contributed by atoms with Gasteiger partial charge in [0.1, 0.15) is 12.3 Å². The smallest absolute Gasteiger partial charge is 0.225 e. The number of nitrogens with one attached hydrogen (secondary N) is 4. The number of fused-ring (bicyclic) bond motifs is 7. The Bertz CT molecular complexity index is 1850. The number of hydrogen-bond donors (Lipinski definition) is 4. The number of aromatic amines is 1. The van der Waals surface area contributed by atoms with Crippen LogP contribution in [0.1, 0.15) is 40.7 Å². The number of carbonyl (C=O) groups is 3. The van der Waals surface area contributed by atoms with Crippen LogP contribution in [-0.2, 0) is 31.6 Å². The van der Waals surface area contributed by atoms with Gasteiger partial charge in [0.05, 0.1) is 17.3 Å². The number of H-pyrrole nitrogens is 1. The number of rotatable bonds is 4. The number of likely N-dealkylation sites (N-methyl/N-ethyl adjacent to an activating group) is 3. The van der Waals surface area contributed by atoms with Crippen molar-refractivity contribution in [2.45, 2.75) is 42.4 Å². The van der Waals surface area contributed by atoms with Gasteiger partial charge in [0, 0.05) is 62.5 Å². The molecular formula is C33H32N6O3. The second kappa shape index (κ2) is 8.38.